The van der Waals surface area contributed by atoms with E-state index in [2.05, 4.69) is 25.5 Å². The van der Waals surface area contributed by atoms with Gasteiger partial charge in [0.05, 0.1) is 24.0 Å². The smallest absolute Gasteiger partial charge is 0.263 e. The fourth-order valence-electron chi connectivity index (χ4n) is 3.87. The Hall–Kier alpha value is -4.60. The third-order valence-corrected chi connectivity index (χ3v) is 5.81. The number of aromatic amines is 1. The van der Waals surface area contributed by atoms with Crippen LogP contribution in [0.25, 0.3) is 22.7 Å². The summed E-state index contributed by atoms with van der Waals surface area (Å²) in [4.78, 5) is 32.9. The van der Waals surface area contributed by atoms with Gasteiger partial charge in [-0.05, 0) is 55.7 Å². The summed E-state index contributed by atoms with van der Waals surface area (Å²) >= 11 is 0. The Balaban J connectivity index is 1.53. The molecule has 10 heteroatoms. The van der Waals surface area contributed by atoms with Gasteiger partial charge < -0.3 is 5.32 Å². The molecule has 2 aromatic carbocycles. The second-order valence-corrected chi connectivity index (χ2v) is 8.34. The summed E-state index contributed by atoms with van der Waals surface area (Å²) in [5, 5.41) is 11.9. The average molecular weight is 471 g/mol. The molecule has 0 aliphatic heterocycles. The van der Waals surface area contributed by atoms with Gasteiger partial charge in [-0.15, -0.1) is 0 Å². The van der Waals surface area contributed by atoms with E-state index >= 15 is 0 Å². The molecule has 35 heavy (non-hydrogen) atoms. The summed E-state index contributed by atoms with van der Waals surface area (Å²) in [6.07, 6.45) is 1.53. The fourth-order valence-corrected chi connectivity index (χ4v) is 3.87. The lowest BCUT2D eigenvalue weighted by molar-refractivity contribution is -0.115. The van der Waals surface area contributed by atoms with E-state index in [-0.39, 0.29) is 29.7 Å². The third-order valence-electron chi connectivity index (χ3n) is 5.81. The molecule has 0 saturated heterocycles. The number of benzene rings is 2. The number of anilines is 1. The van der Waals surface area contributed by atoms with Gasteiger partial charge in [0.25, 0.3) is 5.56 Å². The number of amides is 1. The molecular weight excluding hydrogens is 449 g/mol. The largest absolute Gasteiger partial charge is 0.310 e. The molecule has 0 saturated carbocycles. The predicted molar refractivity (Wildman–Crippen MR) is 130 cm³/mol. The normalized spacial score (nSPS) is 11.2. The number of rotatable bonds is 5. The van der Waals surface area contributed by atoms with Crippen LogP contribution in [0.5, 0.6) is 0 Å². The van der Waals surface area contributed by atoms with Gasteiger partial charge in [-0.25, -0.2) is 9.07 Å². The van der Waals surface area contributed by atoms with Gasteiger partial charge >= 0.3 is 0 Å². The first-order chi connectivity index (χ1) is 16.8. The van der Waals surface area contributed by atoms with Crippen LogP contribution in [-0.4, -0.2) is 35.4 Å². The Kier molecular flexibility index (Phi) is 5.48. The molecule has 0 atom stereocenters. The summed E-state index contributed by atoms with van der Waals surface area (Å²) in [5.41, 5.74) is 4.20. The maximum Gasteiger partial charge on any atom is 0.263 e. The Bertz CT molecular complexity index is 1630. The van der Waals surface area contributed by atoms with Gasteiger partial charge in [0, 0.05) is 6.07 Å². The Morgan fingerprint density at radius 1 is 1.09 bits per heavy atom. The van der Waals surface area contributed by atoms with Crippen molar-refractivity contribution in [2.24, 2.45) is 0 Å². The number of carbonyl (C=O) groups is 1. The van der Waals surface area contributed by atoms with E-state index in [1.165, 1.54) is 23.0 Å². The minimum atomic E-state index is -0.377. The van der Waals surface area contributed by atoms with Crippen molar-refractivity contribution in [3.63, 3.8) is 0 Å². The molecule has 0 spiro atoms. The summed E-state index contributed by atoms with van der Waals surface area (Å²) in [6.45, 7) is 5.75. The number of halogens is 1. The number of nitrogens with one attached hydrogen (secondary N) is 2. The van der Waals surface area contributed by atoms with Crippen LogP contribution in [0.3, 0.4) is 0 Å². The number of aromatic nitrogens is 6. The maximum absolute atomic E-state index is 13.2. The van der Waals surface area contributed by atoms with Crippen molar-refractivity contribution in [3.8, 4) is 11.6 Å². The lowest BCUT2D eigenvalue weighted by Gasteiger charge is -2.11. The zero-order chi connectivity index (χ0) is 24.7. The van der Waals surface area contributed by atoms with E-state index in [1.807, 2.05) is 32.0 Å². The molecular formula is C25H22FN7O2. The van der Waals surface area contributed by atoms with E-state index in [1.54, 1.807) is 29.8 Å². The van der Waals surface area contributed by atoms with Gasteiger partial charge in [-0.3, -0.25) is 14.6 Å². The number of hydrogen-bond acceptors (Lipinski definition) is 5. The van der Waals surface area contributed by atoms with E-state index in [9.17, 15) is 14.0 Å². The van der Waals surface area contributed by atoms with Crippen LogP contribution in [0.1, 0.15) is 22.4 Å². The zero-order valence-electron chi connectivity index (χ0n) is 19.3. The average Bonchev–Trinajstić information content (AvgIpc) is 3.40. The molecule has 0 bridgehead atoms. The molecule has 9 nitrogen and oxygen atoms in total. The second kappa shape index (κ2) is 8.64. The summed E-state index contributed by atoms with van der Waals surface area (Å²) in [7, 11) is 0. The number of carbonyl (C=O) groups excluding carboxylic acids is 1. The number of fused-ring (bicyclic) bond motifs is 1. The molecule has 3 aromatic heterocycles. The van der Waals surface area contributed by atoms with E-state index in [0.29, 0.717) is 28.1 Å². The van der Waals surface area contributed by atoms with Crippen LogP contribution in [0, 0.1) is 26.6 Å². The second-order valence-electron chi connectivity index (χ2n) is 8.34. The Morgan fingerprint density at radius 3 is 2.63 bits per heavy atom. The van der Waals surface area contributed by atoms with Gasteiger partial charge in [-0.2, -0.15) is 19.9 Å². The molecule has 0 radical (unpaired) electrons. The lowest BCUT2D eigenvalue weighted by atomic mass is 10.1. The lowest BCUT2D eigenvalue weighted by Crippen LogP contribution is -2.20. The predicted octanol–water partition coefficient (Wildman–Crippen LogP) is 3.54. The molecule has 3 heterocycles. The van der Waals surface area contributed by atoms with Crippen LogP contribution >= 0.6 is 0 Å². The molecule has 2 N–H and O–H groups in total. The Morgan fingerprint density at radius 2 is 1.86 bits per heavy atom. The van der Waals surface area contributed by atoms with E-state index in [4.69, 9.17) is 0 Å². The van der Waals surface area contributed by atoms with Crippen LogP contribution in [-0.2, 0) is 11.2 Å². The quantitative estimate of drug-likeness (QED) is 0.407. The Labute approximate surface area is 199 Å². The molecule has 5 aromatic rings. The van der Waals surface area contributed by atoms with Gasteiger partial charge in [0.15, 0.2) is 5.65 Å². The van der Waals surface area contributed by atoms with E-state index in [0.717, 1.165) is 16.8 Å². The van der Waals surface area contributed by atoms with Gasteiger partial charge in [-0.1, -0.05) is 24.3 Å². The van der Waals surface area contributed by atoms with Crippen molar-refractivity contribution in [1.29, 1.82) is 0 Å². The summed E-state index contributed by atoms with van der Waals surface area (Å²) in [6, 6.07) is 13.2. The van der Waals surface area contributed by atoms with Crippen molar-refractivity contribution in [1.82, 2.24) is 29.5 Å². The van der Waals surface area contributed by atoms with Crippen molar-refractivity contribution in [2.45, 2.75) is 27.2 Å². The number of hydrogen-bond donors (Lipinski definition) is 2. The molecule has 0 aliphatic carbocycles. The highest BCUT2D eigenvalue weighted by atomic mass is 19.1. The monoisotopic (exact) mass is 471 g/mol. The summed E-state index contributed by atoms with van der Waals surface area (Å²) in [5.74, 6) is -0.204. The SMILES string of the molecule is Cc1cc(NC(=O)Cc2ccc(F)cc2)n(-c2nc3c(cnn3-c3cccc(C)c3C)c(=O)[nH]2)n1. The minimum absolute atomic E-state index is 0.0485. The number of H-pyrrole nitrogens is 1. The number of nitrogens with zero attached hydrogens (tertiary/aromatic N) is 5. The van der Waals surface area contributed by atoms with Crippen molar-refractivity contribution in [2.75, 3.05) is 5.32 Å². The molecule has 1 amide bonds. The molecule has 176 valence electrons. The van der Waals surface area contributed by atoms with E-state index < -0.39 is 0 Å². The maximum atomic E-state index is 13.2. The highest BCUT2D eigenvalue weighted by Crippen LogP contribution is 2.21. The molecule has 0 unspecified atom stereocenters. The number of aryl methyl sites for hydroxylation is 2. The van der Waals surface area contributed by atoms with Crippen LogP contribution in [0.2, 0.25) is 0 Å². The summed E-state index contributed by atoms with van der Waals surface area (Å²) < 4.78 is 16.2. The standard InChI is InChI=1S/C25H22FN7O2/c1-14-5-4-6-20(16(14)3)32-23-19(13-27-32)24(35)30-25(29-23)33-21(11-15(2)31-33)28-22(34)12-17-7-9-18(26)10-8-17/h4-11,13H,12H2,1-3H3,(H,28,34)(H,29,30,35). The third kappa shape index (κ3) is 4.21. The van der Waals surface area contributed by atoms with Gasteiger partial charge in [0.1, 0.15) is 17.0 Å². The highest BCUT2D eigenvalue weighted by Gasteiger charge is 2.18. The minimum Gasteiger partial charge on any atom is -0.310 e. The zero-order valence-corrected chi connectivity index (χ0v) is 19.3. The van der Waals surface area contributed by atoms with Crippen LogP contribution < -0.4 is 10.9 Å². The van der Waals surface area contributed by atoms with Crippen molar-refractivity contribution in [3.05, 3.63) is 93.3 Å². The topological polar surface area (TPSA) is 110 Å². The molecule has 0 fully saturated rings. The first-order valence-corrected chi connectivity index (χ1v) is 11.0. The molecule has 0 aliphatic rings. The van der Waals surface area contributed by atoms with Crippen molar-refractivity contribution < 1.29 is 9.18 Å². The van der Waals surface area contributed by atoms with Gasteiger partial charge in [0.2, 0.25) is 11.9 Å². The van der Waals surface area contributed by atoms with Crippen LogP contribution in [0.15, 0.2) is 59.5 Å². The van der Waals surface area contributed by atoms with Crippen LogP contribution in [0.4, 0.5) is 10.2 Å². The van der Waals surface area contributed by atoms with Crippen molar-refractivity contribution >= 4 is 22.8 Å². The highest BCUT2D eigenvalue weighted by molar-refractivity contribution is 5.91. The molecule has 5 rings (SSSR count). The fraction of sp³-hybridized carbons (Fsp3) is 0.160. The first kappa shape index (κ1) is 22.2. The first-order valence-electron chi connectivity index (χ1n) is 11.0.